The molecule has 0 saturated heterocycles. The molecule has 0 aromatic heterocycles. The number of rotatable bonds is 2. The molecule has 0 unspecified atom stereocenters. The van der Waals surface area contributed by atoms with E-state index in [9.17, 15) is 4.79 Å². The van der Waals surface area contributed by atoms with Crippen molar-refractivity contribution in [2.45, 2.75) is 13.8 Å². The van der Waals surface area contributed by atoms with Crippen molar-refractivity contribution in [1.82, 2.24) is 0 Å². The second-order valence-electron chi connectivity index (χ2n) is 4.80. The minimum Gasteiger partial charge on any atom is -0.456 e. The summed E-state index contributed by atoms with van der Waals surface area (Å²) in [4.78, 5) is 11.6. The zero-order chi connectivity index (χ0) is 14.3. The Kier molecular flexibility index (Phi) is 3.14. The molecule has 0 saturated carbocycles. The zero-order valence-electron chi connectivity index (χ0n) is 11.3. The molecule has 1 aliphatic heterocycles. The van der Waals surface area contributed by atoms with Gasteiger partial charge in [-0.15, -0.1) is 0 Å². The van der Waals surface area contributed by atoms with Crippen molar-refractivity contribution in [3.8, 4) is 11.3 Å². The molecule has 1 aromatic rings. The summed E-state index contributed by atoms with van der Waals surface area (Å²) >= 11 is 5.87. The Balaban J connectivity index is 2.31. The van der Waals surface area contributed by atoms with E-state index in [1.807, 2.05) is 19.1 Å². The van der Waals surface area contributed by atoms with Gasteiger partial charge in [0, 0.05) is 35.3 Å². The van der Waals surface area contributed by atoms with Crippen molar-refractivity contribution in [1.29, 1.82) is 0 Å². The maximum Gasteiger partial charge on any atom is 0.200 e. The Morgan fingerprint density at radius 2 is 2.00 bits per heavy atom. The summed E-state index contributed by atoms with van der Waals surface area (Å²) in [5, 5.41) is 4.50. The SMILES string of the molecule is CCNc1cc2oc3cc(=O)c(Cl)cc-3cc2cc1C. The third kappa shape index (κ3) is 2.14. The quantitative estimate of drug-likeness (QED) is 0.715. The molecule has 3 nitrogen and oxygen atoms in total. The van der Waals surface area contributed by atoms with Gasteiger partial charge in [-0.05, 0) is 37.6 Å². The lowest BCUT2D eigenvalue weighted by atomic mass is 10.1. The lowest BCUT2D eigenvalue weighted by molar-refractivity contribution is 0.619. The van der Waals surface area contributed by atoms with Gasteiger partial charge in [-0.1, -0.05) is 11.6 Å². The highest BCUT2D eigenvalue weighted by molar-refractivity contribution is 6.30. The summed E-state index contributed by atoms with van der Waals surface area (Å²) < 4.78 is 5.83. The Morgan fingerprint density at radius 1 is 1.20 bits per heavy atom. The van der Waals surface area contributed by atoms with E-state index in [2.05, 4.69) is 18.3 Å². The van der Waals surface area contributed by atoms with Crippen LogP contribution in [0.2, 0.25) is 5.02 Å². The topological polar surface area (TPSA) is 42.2 Å². The standard InChI is InChI=1S/C16H14ClNO2/c1-3-18-13-7-15-10(4-9(13)2)5-11-6-12(17)14(19)8-16(11)20-15/h4-8,18H,3H2,1-2H3. The lowest BCUT2D eigenvalue weighted by Gasteiger charge is -2.11. The van der Waals surface area contributed by atoms with E-state index in [0.29, 0.717) is 5.76 Å². The van der Waals surface area contributed by atoms with E-state index in [-0.39, 0.29) is 10.5 Å². The summed E-state index contributed by atoms with van der Waals surface area (Å²) in [6, 6.07) is 9.10. The van der Waals surface area contributed by atoms with Crippen LogP contribution in [0.3, 0.4) is 0 Å². The van der Waals surface area contributed by atoms with Crippen molar-refractivity contribution in [2.24, 2.45) is 0 Å². The van der Waals surface area contributed by atoms with Gasteiger partial charge in [0.2, 0.25) is 5.43 Å². The van der Waals surface area contributed by atoms with E-state index < -0.39 is 0 Å². The summed E-state index contributed by atoms with van der Waals surface area (Å²) in [6.07, 6.45) is 0. The molecule has 20 heavy (non-hydrogen) atoms. The van der Waals surface area contributed by atoms with Crippen LogP contribution in [0.4, 0.5) is 5.69 Å². The number of hydrogen-bond acceptors (Lipinski definition) is 3. The first kappa shape index (κ1) is 13.0. The molecule has 4 heteroatoms. The molecule has 0 amide bonds. The van der Waals surface area contributed by atoms with Crippen molar-refractivity contribution < 1.29 is 4.42 Å². The zero-order valence-corrected chi connectivity index (χ0v) is 12.0. The highest BCUT2D eigenvalue weighted by atomic mass is 35.5. The van der Waals surface area contributed by atoms with Gasteiger partial charge in [-0.25, -0.2) is 0 Å². The second-order valence-corrected chi connectivity index (χ2v) is 5.21. The van der Waals surface area contributed by atoms with Crippen LogP contribution >= 0.6 is 11.6 Å². The first-order valence-electron chi connectivity index (χ1n) is 6.50. The Bertz CT molecular complexity index is 823. The molecule has 0 bridgehead atoms. The minimum atomic E-state index is -0.221. The van der Waals surface area contributed by atoms with Gasteiger partial charge < -0.3 is 9.73 Å². The molecule has 0 radical (unpaired) electrons. The molecule has 102 valence electrons. The monoisotopic (exact) mass is 287 g/mol. The van der Waals surface area contributed by atoms with Gasteiger partial charge in [0.05, 0.1) is 5.02 Å². The van der Waals surface area contributed by atoms with Crippen LogP contribution in [0.5, 0.6) is 0 Å². The lowest BCUT2D eigenvalue weighted by Crippen LogP contribution is -2.01. The molecule has 1 heterocycles. The molecule has 1 aliphatic carbocycles. The molecular formula is C16H14ClNO2. The average molecular weight is 288 g/mol. The predicted molar refractivity (Wildman–Crippen MR) is 83.0 cm³/mol. The number of hydrogen-bond donors (Lipinski definition) is 1. The summed E-state index contributed by atoms with van der Waals surface area (Å²) in [6.45, 7) is 4.95. The van der Waals surface area contributed by atoms with Gasteiger partial charge >= 0.3 is 0 Å². The first-order valence-corrected chi connectivity index (χ1v) is 6.88. The number of halogens is 1. The van der Waals surface area contributed by atoms with Gasteiger partial charge in [0.15, 0.2) is 0 Å². The minimum absolute atomic E-state index is 0.216. The number of benzene rings is 2. The van der Waals surface area contributed by atoms with Crippen LogP contribution in [-0.2, 0) is 0 Å². The molecule has 0 atom stereocenters. The smallest absolute Gasteiger partial charge is 0.200 e. The second kappa shape index (κ2) is 4.84. The fraction of sp³-hybridized carbons (Fsp3) is 0.188. The highest BCUT2D eigenvalue weighted by Crippen LogP contribution is 2.31. The molecule has 0 fully saturated rings. The van der Waals surface area contributed by atoms with Crippen LogP contribution in [0, 0.1) is 6.92 Å². The maximum atomic E-state index is 11.6. The molecular weight excluding hydrogens is 274 g/mol. The normalized spacial score (nSPS) is 11.2. The van der Waals surface area contributed by atoms with Crippen LogP contribution in [-0.4, -0.2) is 6.54 Å². The van der Waals surface area contributed by atoms with Gasteiger partial charge in [0.25, 0.3) is 0 Å². The molecule has 3 rings (SSSR count). The molecule has 2 aliphatic rings. The van der Waals surface area contributed by atoms with Crippen LogP contribution in [0.1, 0.15) is 12.5 Å². The van der Waals surface area contributed by atoms with E-state index >= 15 is 0 Å². The average Bonchev–Trinajstić information content (AvgIpc) is 2.40. The number of fused-ring (bicyclic) bond motifs is 2. The van der Waals surface area contributed by atoms with E-state index in [1.165, 1.54) is 6.07 Å². The number of aryl methyl sites for hydroxylation is 1. The Hall–Kier alpha value is -2.00. The van der Waals surface area contributed by atoms with Crippen molar-refractivity contribution in [2.75, 3.05) is 11.9 Å². The van der Waals surface area contributed by atoms with Crippen LogP contribution in [0.25, 0.3) is 22.3 Å². The van der Waals surface area contributed by atoms with Crippen molar-refractivity contribution in [3.05, 3.63) is 51.1 Å². The molecule has 1 N–H and O–H groups in total. The largest absolute Gasteiger partial charge is 0.456 e. The highest BCUT2D eigenvalue weighted by Gasteiger charge is 2.11. The first-order chi connectivity index (χ1) is 9.58. The maximum absolute atomic E-state index is 11.6. The summed E-state index contributed by atoms with van der Waals surface area (Å²) in [5.41, 5.74) is 3.56. The third-order valence-corrected chi connectivity index (χ3v) is 3.61. The van der Waals surface area contributed by atoms with Crippen LogP contribution < -0.4 is 10.7 Å². The Labute approximate surface area is 121 Å². The molecule has 1 aromatic carbocycles. The molecule has 0 spiro atoms. The third-order valence-electron chi connectivity index (χ3n) is 3.32. The van der Waals surface area contributed by atoms with Crippen LogP contribution in [0.15, 0.2) is 39.5 Å². The summed E-state index contributed by atoms with van der Waals surface area (Å²) in [7, 11) is 0. The van der Waals surface area contributed by atoms with Gasteiger partial charge in [0.1, 0.15) is 11.3 Å². The number of anilines is 1. The number of nitrogens with one attached hydrogen (secondary N) is 1. The van der Waals surface area contributed by atoms with E-state index in [4.69, 9.17) is 16.0 Å². The predicted octanol–water partition coefficient (Wildman–Crippen LogP) is 4.29. The fourth-order valence-electron chi connectivity index (χ4n) is 2.33. The van der Waals surface area contributed by atoms with Gasteiger partial charge in [-0.2, -0.15) is 0 Å². The van der Waals surface area contributed by atoms with Crippen molar-refractivity contribution in [3.63, 3.8) is 0 Å². The Morgan fingerprint density at radius 3 is 2.75 bits per heavy atom. The van der Waals surface area contributed by atoms with E-state index in [0.717, 1.165) is 34.3 Å². The fourth-order valence-corrected chi connectivity index (χ4v) is 2.50. The van der Waals surface area contributed by atoms with E-state index in [1.54, 1.807) is 6.07 Å². The van der Waals surface area contributed by atoms with Crippen molar-refractivity contribution >= 4 is 28.3 Å². The summed E-state index contributed by atoms with van der Waals surface area (Å²) in [5.74, 6) is 0.554. The van der Waals surface area contributed by atoms with Gasteiger partial charge in [-0.3, -0.25) is 4.79 Å².